The van der Waals surface area contributed by atoms with Crippen LogP contribution in [-0.2, 0) is 11.3 Å². The summed E-state index contributed by atoms with van der Waals surface area (Å²) >= 11 is 0. The molecule has 0 bridgehead atoms. The van der Waals surface area contributed by atoms with Gasteiger partial charge in [0, 0.05) is 18.0 Å². The second kappa shape index (κ2) is 7.91. The third-order valence-electron chi connectivity index (χ3n) is 3.35. The zero-order valence-electron chi connectivity index (χ0n) is 13.6. The molecule has 25 heavy (non-hydrogen) atoms. The molecule has 128 valence electrons. The van der Waals surface area contributed by atoms with Gasteiger partial charge < -0.3 is 14.8 Å². The fourth-order valence-electron chi connectivity index (χ4n) is 2.12. The van der Waals surface area contributed by atoms with E-state index in [1.807, 2.05) is 24.3 Å². The molecular weight excluding hydrogens is 322 g/mol. The summed E-state index contributed by atoms with van der Waals surface area (Å²) in [6, 6.07) is 10.8. The van der Waals surface area contributed by atoms with E-state index in [0.717, 1.165) is 5.56 Å². The van der Waals surface area contributed by atoms with Crippen molar-refractivity contribution < 1.29 is 14.3 Å². The predicted octanol–water partition coefficient (Wildman–Crippen LogP) is 1.57. The summed E-state index contributed by atoms with van der Waals surface area (Å²) in [6.07, 6.45) is 3.34. The van der Waals surface area contributed by atoms with Gasteiger partial charge in [-0.15, -0.1) is 0 Å². The van der Waals surface area contributed by atoms with Crippen molar-refractivity contribution >= 4 is 5.91 Å². The first-order valence-corrected chi connectivity index (χ1v) is 7.60. The summed E-state index contributed by atoms with van der Waals surface area (Å²) in [5.74, 6) is 1.93. The van der Waals surface area contributed by atoms with E-state index >= 15 is 0 Å². The fourth-order valence-corrected chi connectivity index (χ4v) is 2.12. The largest absolute Gasteiger partial charge is 0.493 e. The van der Waals surface area contributed by atoms with Crippen LogP contribution < -0.4 is 14.8 Å². The molecule has 0 aliphatic heterocycles. The van der Waals surface area contributed by atoms with Crippen LogP contribution in [0.3, 0.4) is 0 Å². The molecule has 0 aliphatic rings. The number of carbonyl (C=O) groups is 1. The molecule has 0 radical (unpaired) electrons. The first-order valence-electron chi connectivity index (χ1n) is 7.60. The molecule has 0 spiro atoms. The molecule has 3 aromatic rings. The highest BCUT2D eigenvalue weighted by molar-refractivity contribution is 5.77. The molecule has 0 atom stereocenters. The molecule has 1 aromatic carbocycles. The van der Waals surface area contributed by atoms with E-state index < -0.39 is 0 Å². The number of benzene rings is 1. The molecule has 3 rings (SSSR count). The van der Waals surface area contributed by atoms with Gasteiger partial charge in [0.2, 0.25) is 0 Å². The maximum atomic E-state index is 11.9. The smallest absolute Gasteiger partial charge is 0.258 e. The maximum absolute atomic E-state index is 11.9. The quantitative estimate of drug-likeness (QED) is 0.677. The molecule has 0 saturated heterocycles. The van der Waals surface area contributed by atoms with Gasteiger partial charge in [0.25, 0.3) is 5.91 Å². The average Bonchev–Trinajstić information content (AvgIpc) is 3.14. The van der Waals surface area contributed by atoms with Gasteiger partial charge in [0.1, 0.15) is 5.82 Å². The first kappa shape index (κ1) is 16.4. The molecule has 0 fully saturated rings. The summed E-state index contributed by atoms with van der Waals surface area (Å²) in [7, 11) is 1.55. The van der Waals surface area contributed by atoms with Crippen LogP contribution in [0.25, 0.3) is 11.4 Å². The Kier molecular flexibility index (Phi) is 5.20. The Balaban J connectivity index is 1.50. The van der Waals surface area contributed by atoms with Crippen LogP contribution in [0.4, 0.5) is 0 Å². The summed E-state index contributed by atoms with van der Waals surface area (Å²) in [4.78, 5) is 20.2. The minimum absolute atomic E-state index is 0.119. The molecular formula is C17H17N5O3. The number of carbonyl (C=O) groups excluding carboxylic acids is 1. The van der Waals surface area contributed by atoms with Gasteiger partial charge in [0.05, 0.1) is 13.7 Å². The van der Waals surface area contributed by atoms with Crippen LogP contribution >= 0.6 is 0 Å². The summed E-state index contributed by atoms with van der Waals surface area (Å²) in [6.45, 7) is 0.109. The molecule has 2 N–H and O–H groups in total. The van der Waals surface area contributed by atoms with Gasteiger partial charge in [0.15, 0.2) is 23.9 Å². The van der Waals surface area contributed by atoms with Crippen LogP contribution in [0.5, 0.6) is 11.5 Å². The number of hydrogen-bond acceptors (Lipinski definition) is 6. The van der Waals surface area contributed by atoms with Crippen molar-refractivity contribution in [2.75, 3.05) is 13.7 Å². The standard InChI is InChI=1S/C17H17N5O3/c1-24-13-4-2-3-5-14(13)25-11-16(23)19-10-15-20-17(22-21-15)12-6-8-18-9-7-12/h2-9H,10-11H2,1H3,(H,19,23)(H,20,21,22). The second-order valence-electron chi connectivity index (χ2n) is 5.06. The van der Waals surface area contributed by atoms with Gasteiger partial charge in [-0.2, -0.15) is 5.10 Å². The number of ether oxygens (including phenoxy) is 2. The van der Waals surface area contributed by atoms with Crippen molar-refractivity contribution in [3.63, 3.8) is 0 Å². The van der Waals surface area contributed by atoms with Crippen LogP contribution in [0.1, 0.15) is 5.82 Å². The Morgan fingerprint density at radius 2 is 1.92 bits per heavy atom. The van der Waals surface area contributed by atoms with E-state index in [1.165, 1.54) is 0 Å². The topological polar surface area (TPSA) is 102 Å². The van der Waals surface area contributed by atoms with Crippen molar-refractivity contribution in [3.8, 4) is 22.9 Å². The molecule has 1 amide bonds. The lowest BCUT2D eigenvalue weighted by Gasteiger charge is -2.09. The highest BCUT2D eigenvalue weighted by atomic mass is 16.5. The van der Waals surface area contributed by atoms with E-state index in [0.29, 0.717) is 23.1 Å². The molecule has 0 aliphatic carbocycles. The Morgan fingerprint density at radius 1 is 1.16 bits per heavy atom. The lowest BCUT2D eigenvalue weighted by atomic mass is 10.2. The van der Waals surface area contributed by atoms with Crippen LogP contribution in [-0.4, -0.2) is 39.8 Å². The lowest BCUT2D eigenvalue weighted by Crippen LogP contribution is -2.28. The Bertz CT molecular complexity index is 835. The van der Waals surface area contributed by atoms with E-state index in [9.17, 15) is 4.79 Å². The van der Waals surface area contributed by atoms with E-state index in [1.54, 1.807) is 31.6 Å². The predicted molar refractivity (Wildman–Crippen MR) is 89.9 cm³/mol. The molecule has 8 nitrogen and oxygen atoms in total. The maximum Gasteiger partial charge on any atom is 0.258 e. The van der Waals surface area contributed by atoms with Crippen LogP contribution in [0.15, 0.2) is 48.8 Å². The fraction of sp³-hybridized carbons (Fsp3) is 0.176. The van der Waals surface area contributed by atoms with Gasteiger partial charge in [-0.1, -0.05) is 12.1 Å². The minimum atomic E-state index is -0.271. The molecule has 8 heteroatoms. The van der Waals surface area contributed by atoms with Crippen molar-refractivity contribution in [1.29, 1.82) is 0 Å². The number of aromatic nitrogens is 4. The van der Waals surface area contributed by atoms with Crippen LogP contribution in [0.2, 0.25) is 0 Å². The number of rotatable bonds is 7. The third kappa shape index (κ3) is 4.31. The number of para-hydroxylation sites is 2. The highest BCUT2D eigenvalue weighted by Crippen LogP contribution is 2.25. The van der Waals surface area contributed by atoms with E-state index in [-0.39, 0.29) is 19.1 Å². The number of nitrogens with zero attached hydrogens (tertiary/aromatic N) is 3. The summed E-state index contributed by atoms with van der Waals surface area (Å²) < 4.78 is 10.6. The zero-order chi connectivity index (χ0) is 17.5. The Morgan fingerprint density at radius 3 is 2.68 bits per heavy atom. The number of nitrogens with one attached hydrogen (secondary N) is 2. The molecule has 0 saturated carbocycles. The number of hydrogen-bond donors (Lipinski definition) is 2. The number of pyridine rings is 1. The minimum Gasteiger partial charge on any atom is -0.493 e. The normalized spacial score (nSPS) is 10.3. The number of H-pyrrole nitrogens is 1. The number of amides is 1. The van der Waals surface area contributed by atoms with Crippen molar-refractivity contribution in [3.05, 3.63) is 54.6 Å². The third-order valence-corrected chi connectivity index (χ3v) is 3.35. The van der Waals surface area contributed by atoms with Gasteiger partial charge in [-0.3, -0.25) is 14.9 Å². The summed E-state index contributed by atoms with van der Waals surface area (Å²) in [5, 5.41) is 9.63. The molecule has 2 heterocycles. The lowest BCUT2D eigenvalue weighted by molar-refractivity contribution is -0.123. The van der Waals surface area contributed by atoms with Gasteiger partial charge >= 0.3 is 0 Å². The van der Waals surface area contributed by atoms with Gasteiger partial charge in [-0.25, -0.2) is 4.98 Å². The second-order valence-corrected chi connectivity index (χ2v) is 5.06. The van der Waals surface area contributed by atoms with Gasteiger partial charge in [-0.05, 0) is 24.3 Å². The Hall–Kier alpha value is -3.42. The average molecular weight is 339 g/mol. The number of methoxy groups -OCH3 is 1. The SMILES string of the molecule is COc1ccccc1OCC(=O)NCc1nc(-c2ccncc2)n[nH]1. The summed E-state index contributed by atoms with van der Waals surface area (Å²) in [5.41, 5.74) is 0.850. The molecule has 0 unspecified atom stereocenters. The first-order chi connectivity index (χ1) is 12.3. The van der Waals surface area contributed by atoms with Crippen molar-refractivity contribution in [2.24, 2.45) is 0 Å². The molecule has 2 aromatic heterocycles. The van der Waals surface area contributed by atoms with Crippen molar-refractivity contribution in [1.82, 2.24) is 25.5 Å². The zero-order valence-corrected chi connectivity index (χ0v) is 13.6. The highest BCUT2D eigenvalue weighted by Gasteiger charge is 2.09. The monoisotopic (exact) mass is 339 g/mol. The number of aromatic amines is 1. The van der Waals surface area contributed by atoms with Crippen molar-refractivity contribution in [2.45, 2.75) is 6.54 Å². The van der Waals surface area contributed by atoms with E-state index in [4.69, 9.17) is 9.47 Å². The van der Waals surface area contributed by atoms with E-state index in [2.05, 4.69) is 25.5 Å². The Labute approximate surface area is 144 Å². The van der Waals surface area contributed by atoms with Crippen LogP contribution in [0, 0.1) is 0 Å².